The second-order valence-corrected chi connectivity index (χ2v) is 14.1. The monoisotopic (exact) mass is 765 g/mol. The lowest BCUT2D eigenvalue weighted by Gasteiger charge is -2.17. The Kier molecular flexibility index (Phi) is 34.1. The van der Waals surface area contributed by atoms with Crippen LogP contribution in [0.25, 0.3) is 0 Å². The fraction of sp³-hybridized carbons (Fsp3) is 0.767. The normalized spacial score (nSPS) is 12.4. The van der Waals surface area contributed by atoms with Gasteiger partial charge in [-0.2, -0.15) is 0 Å². The molecule has 54 heavy (non-hydrogen) atoms. The first-order valence-electron chi connectivity index (χ1n) is 20.8. The zero-order valence-corrected chi connectivity index (χ0v) is 33.8. The van der Waals surface area contributed by atoms with Crippen LogP contribution in [0.2, 0.25) is 0 Å². The molecule has 0 bridgehead atoms. The van der Waals surface area contributed by atoms with Gasteiger partial charge in [0.25, 0.3) is 0 Å². The maximum atomic E-state index is 12.8. The van der Waals surface area contributed by atoms with Crippen LogP contribution in [-0.2, 0) is 47.7 Å². The Balaban J connectivity index is 4.83. The molecule has 0 aromatic carbocycles. The van der Waals surface area contributed by atoms with Gasteiger partial charge in [-0.25, -0.2) is 0 Å². The minimum atomic E-state index is -0.894. The quantitative estimate of drug-likeness (QED) is 0.0278. The van der Waals surface area contributed by atoms with E-state index in [9.17, 15) is 28.8 Å². The molecule has 11 nitrogen and oxygen atoms in total. The Morgan fingerprint density at radius 3 is 1.26 bits per heavy atom. The van der Waals surface area contributed by atoms with Crippen LogP contribution >= 0.6 is 0 Å². The third-order valence-electron chi connectivity index (χ3n) is 8.78. The summed E-state index contributed by atoms with van der Waals surface area (Å²) in [6.07, 6.45) is 24.5. The van der Waals surface area contributed by atoms with Crippen LogP contribution in [-0.4, -0.2) is 66.2 Å². The maximum Gasteiger partial charge on any atom is 0.306 e. The molecule has 310 valence electrons. The van der Waals surface area contributed by atoms with Crippen molar-refractivity contribution in [2.45, 2.75) is 200 Å². The summed E-state index contributed by atoms with van der Waals surface area (Å²) in [6.45, 7) is 6.11. The fourth-order valence-electron chi connectivity index (χ4n) is 5.53. The average molecular weight is 765 g/mol. The highest BCUT2D eigenvalue weighted by Crippen LogP contribution is 2.15. The molecule has 0 saturated heterocycles. The minimum Gasteiger partial charge on any atom is -0.481 e. The van der Waals surface area contributed by atoms with E-state index in [2.05, 4.69) is 26.0 Å². The van der Waals surface area contributed by atoms with Gasteiger partial charge in [0, 0.05) is 64.2 Å². The summed E-state index contributed by atoms with van der Waals surface area (Å²) >= 11 is 0. The highest BCUT2D eigenvalue weighted by atomic mass is 16.6. The van der Waals surface area contributed by atoms with Crippen molar-refractivity contribution in [1.29, 1.82) is 0 Å². The molecular formula is C43H72O11. The van der Waals surface area contributed by atoms with E-state index in [0.717, 1.165) is 25.7 Å². The summed E-state index contributed by atoms with van der Waals surface area (Å²) in [4.78, 5) is 71.4. The van der Waals surface area contributed by atoms with E-state index in [1.807, 2.05) is 12.2 Å². The van der Waals surface area contributed by atoms with E-state index < -0.39 is 24.1 Å². The zero-order valence-electron chi connectivity index (χ0n) is 33.8. The third kappa shape index (κ3) is 35.5. The van der Waals surface area contributed by atoms with Crippen molar-refractivity contribution in [3.63, 3.8) is 0 Å². The van der Waals surface area contributed by atoms with Crippen molar-refractivity contribution in [1.82, 2.24) is 0 Å². The fourth-order valence-corrected chi connectivity index (χ4v) is 5.53. The van der Waals surface area contributed by atoms with E-state index >= 15 is 0 Å². The smallest absolute Gasteiger partial charge is 0.306 e. The van der Waals surface area contributed by atoms with Crippen molar-refractivity contribution in [3.8, 4) is 0 Å². The van der Waals surface area contributed by atoms with Gasteiger partial charge >= 0.3 is 29.8 Å². The molecule has 0 fully saturated rings. The summed E-state index contributed by atoms with van der Waals surface area (Å²) in [6, 6.07) is 0. The largest absolute Gasteiger partial charge is 0.481 e. The number of ether oxygens (including phenoxy) is 4. The highest BCUT2D eigenvalue weighted by molar-refractivity contribution is 5.75. The number of unbranched alkanes of at least 4 members (excludes halogenated alkanes) is 11. The minimum absolute atomic E-state index is 0.0132. The lowest BCUT2D eigenvalue weighted by molar-refractivity contribution is -0.154. The van der Waals surface area contributed by atoms with Gasteiger partial charge in [-0.3, -0.25) is 24.0 Å². The number of allylic oxidation sites excluding steroid dienone is 2. The summed E-state index contributed by atoms with van der Waals surface area (Å²) in [5.41, 5.74) is 0. The SMILES string of the molecule is CCCCCC/C=C\CC(CCOC(=O)CCCCC(C)=O)OC(=O)CCCCC(=O)OC(C/C=C\CCCCCC)CCOC(=O)CCCCC(=O)O. The van der Waals surface area contributed by atoms with Gasteiger partial charge in [0.05, 0.1) is 13.2 Å². The van der Waals surface area contributed by atoms with Crippen molar-refractivity contribution in [2.75, 3.05) is 13.2 Å². The Hall–Kier alpha value is -3.50. The van der Waals surface area contributed by atoms with Crippen molar-refractivity contribution >= 4 is 35.6 Å². The molecule has 2 atom stereocenters. The third-order valence-corrected chi connectivity index (χ3v) is 8.78. The number of hydrogen-bond donors (Lipinski definition) is 1. The number of rotatable bonds is 37. The van der Waals surface area contributed by atoms with Crippen LogP contribution in [0.3, 0.4) is 0 Å². The number of ketones is 1. The van der Waals surface area contributed by atoms with Crippen molar-refractivity contribution in [3.05, 3.63) is 24.3 Å². The van der Waals surface area contributed by atoms with Crippen molar-refractivity contribution in [2.24, 2.45) is 0 Å². The zero-order chi connectivity index (χ0) is 40.1. The lowest BCUT2D eigenvalue weighted by Crippen LogP contribution is -2.21. The van der Waals surface area contributed by atoms with Crippen LogP contribution in [0.15, 0.2) is 24.3 Å². The van der Waals surface area contributed by atoms with Crippen LogP contribution in [0.4, 0.5) is 0 Å². The van der Waals surface area contributed by atoms with Gasteiger partial charge in [-0.05, 0) is 71.1 Å². The van der Waals surface area contributed by atoms with Crippen LogP contribution in [0, 0.1) is 0 Å². The molecule has 11 heteroatoms. The first kappa shape index (κ1) is 50.5. The highest BCUT2D eigenvalue weighted by Gasteiger charge is 2.17. The molecule has 0 aromatic heterocycles. The van der Waals surface area contributed by atoms with Crippen LogP contribution in [0.5, 0.6) is 0 Å². The van der Waals surface area contributed by atoms with E-state index in [1.54, 1.807) is 0 Å². The van der Waals surface area contributed by atoms with E-state index in [1.165, 1.54) is 45.4 Å². The molecule has 0 radical (unpaired) electrons. The molecule has 0 amide bonds. The summed E-state index contributed by atoms with van der Waals surface area (Å²) < 4.78 is 22.2. The van der Waals surface area contributed by atoms with E-state index in [-0.39, 0.29) is 69.0 Å². The van der Waals surface area contributed by atoms with Crippen molar-refractivity contribution < 1.29 is 52.8 Å². The molecule has 0 aromatic rings. The van der Waals surface area contributed by atoms with Gasteiger partial charge < -0.3 is 28.8 Å². The lowest BCUT2D eigenvalue weighted by atomic mass is 10.1. The Labute approximate surface area is 325 Å². The number of carboxylic acid groups (broad SMARTS) is 1. The Morgan fingerprint density at radius 2 is 0.870 bits per heavy atom. The number of carbonyl (C=O) groups is 6. The standard InChI is InChI=1S/C43H72O11/c1-4-6-8-10-12-14-16-25-37(32-34-51-40(47)28-20-18-24-36(3)44)53-42(49)30-22-23-31-43(50)54-38(26-17-15-13-11-9-7-5-2)33-35-52-41(48)29-21-19-27-39(45)46/h14-17,37-38H,4-13,18-35H2,1-3H3,(H,45,46)/b16-14-,17-15-. The molecule has 0 heterocycles. The second kappa shape index (κ2) is 36.5. The number of hydrogen-bond acceptors (Lipinski definition) is 10. The summed E-state index contributed by atoms with van der Waals surface area (Å²) in [7, 11) is 0. The summed E-state index contributed by atoms with van der Waals surface area (Å²) in [5.74, 6) is -2.27. The molecular weight excluding hydrogens is 692 g/mol. The summed E-state index contributed by atoms with van der Waals surface area (Å²) in [5, 5.41) is 8.75. The maximum absolute atomic E-state index is 12.8. The topological polar surface area (TPSA) is 160 Å². The molecule has 0 rings (SSSR count). The number of aliphatic carboxylic acids is 1. The van der Waals surface area contributed by atoms with Crippen LogP contribution < -0.4 is 0 Å². The van der Waals surface area contributed by atoms with E-state index in [4.69, 9.17) is 24.1 Å². The molecule has 0 spiro atoms. The molecule has 0 aliphatic heterocycles. The van der Waals surface area contributed by atoms with Gasteiger partial charge in [0.15, 0.2) is 0 Å². The second-order valence-electron chi connectivity index (χ2n) is 14.1. The average Bonchev–Trinajstić information content (AvgIpc) is 3.12. The first-order valence-corrected chi connectivity index (χ1v) is 20.8. The Morgan fingerprint density at radius 1 is 0.481 bits per heavy atom. The first-order chi connectivity index (χ1) is 26.1. The predicted molar refractivity (Wildman–Crippen MR) is 210 cm³/mol. The molecule has 0 aliphatic rings. The van der Waals surface area contributed by atoms with Gasteiger partial charge in [0.2, 0.25) is 0 Å². The van der Waals surface area contributed by atoms with Gasteiger partial charge in [-0.15, -0.1) is 0 Å². The van der Waals surface area contributed by atoms with E-state index in [0.29, 0.717) is 70.6 Å². The predicted octanol–water partition coefficient (Wildman–Crippen LogP) is 9.86. The molecule has 0 aliphatic carbocycles. The molecule has 0 saturated carbocycles. The van der Waals surface area contributed by atoms with Crippen LogP contribution in [0.1, 0.15) is 188 Å². The molecule has 2 unspecified atom stereocenters. The number of carboxylic acids is 1. The Bertz CT molecular complexity index is 997. The van der Waals surface area contributed by atoms with Gasteiger partial charge in [-0.1, -0.05) is 76.7 Å². The molecule has 1 N–H and O–H groups in total. The number of esters is 4. The van der Waals surface area contributed by atoms with Gasteiger partial charge in [0.1, 0.15) is 18.0 Å². The number of Topliss-reactive ketones (excluding diaryl/α,β-unsaturated/α-hetero) is 1. The number of carbonyl (C=O) groups excluding carboxylic acids is 5.